The summed E-state index contributed by atoms with van der Waals surface area (Å²) in [5.41, 5.74) is 5.77. The van der Waals surface area contributed by atoms with Crippen LogP contribution in [0.15, 0.2) is 60.7 Å². The lowest BCUT2D eigenvalue weighted by Crippen LogP contribution is -1.95. The Balaban J connectivity index is 1.73. The van der Waals surface area contributed by atoms with Gasteiger partial charge < -0.3 is 0 Å². The quantitative estimate of drug-likeness (QED) is 0.518. The van der Waals surface area contributed by atoms with Crippen molar-refractivity contribution in [2.24, 2.45) is 0 Å². The summed E-state index contributed by atoms with van der Waals surface area (Å²) in [4.78, 5) is 0.271. The Labute approximate surface area is 133 Å². The predicted octanol–water partition coefficient (Wildman–Crippen LogP) is 5.81. The molecule has 3 aromatic carbocycles. The van der Waals surface area contributed by atoms with Gasteiger partial charge in [-0.1, -0.05) is 70.5 Å². The lowest BCUT2D eigenvalue weighted by Gasteiger charge is -2.13. The zero-order valence-electron chi connectivity index (χ0n) is 11.9. The predicted molar refractivity (Wildman–Crippen MR) is 93.2 cm³/mol. The second-order valence-corrected chi connectivity index (χ2v) is 6.77. The molecule has 1 unspecified atom stereocenters. The van der Waals surface area contributed by atoms with Gasteiger partial charge in [0.2, 0.25) is 0 Å². The lowest BCUT2D eigenvalue weighted by atomic mass is 9.98. The van der Waals surface area contributed by atoms with E-state index in [2.05, 4.69) is 76.6 Å². The molecule has 0 spiro atoms. The van der Waals surface area contributed by atoms with Crippen molar-refractivity contribution in [1.29, 1.82) is 0 Å². The molecule has 0 amide bonds. The average Bonchev–Trinajstić information content (AvgIpc) is 3.01. The highest BCUT2D eigenvalue weighted by Gasteiger charge is 2.15. The van der Waals surface area contributed by atoms with Crippen molar-refractivity contribution in [2.45, 2.75) is 24.1 Å². The summed E-state index contributed by atoms with van der Waals surface area (Å²) in [5.74, 6) is 0. The van der Waals surface area contributed by atoms with Crippen LogP contribution in [0, 0.1) is 0 Å². The fourth-order valence-electron chi connectivity index (χ4n) is 3.31. The summed E-state index contributed by atoms with van der Waals surface area (Å²) in [6.07, 6.45) is 3.79. The first kappa shape index (κ1) is 13.1. The van der Waals surface area contributed by atoms with Crippen LogP contribution in [0.2, 0.25) is 0 Å². The summed E-state index contributed by atoms with van der Waals surface area (Å²) in [6, 6.07) is 22.3. The van der Waals surface area contributed by atoms with Gasteiger partial charge >= 0.3 is 0 Å². The molecule has 1 aliphatic carbocycles. The molecule has 0 saturated heterocycles. The van der Waals surface area contributed by atoms with Crippen molar-refractivity contribution in [3.63, 3.8) is 0 Å². The summed E-state index contributed by atoms with van der Waals surface area (Å²) in [5, 5.41) is 2.61. The Bertz CT molecular complexity index is 804. The molecule has 0 nitrogen and oxygen atoms in total. The van der Waals surface area contributed by atoms with Crippen LogP contribution < -0.4 is 0 Å². The highest BCUT2D eigenvalue weighted by molar-refractivity contribution is 9.09. The zero-order chi connectivity index (χ0) is 14.2. The van der Waals surface area contributed by atoms with Crippen LogP contribution in [-0.2, 0) is 12.8 Å². The van der Waals surface area contributed by atoms with E-state index in [4.69, 9.17) is 0 Å². The van der Waals surface area contributed by atoms with E-state index in [-0.39, 0.29) is 4.83 Å². The maximum Gasteiger partial charge on any atom is 0.0644 e. The number of rotatable bonds is 2. The monoisotopic (exact) mass is 336 g/mol. The minimum absolute atomic E-state index is 0.271. The fourth-order valence-corrected chi connectivity index (χ4v) is 3.88. The first-order valence-corrected chi connectivity index (χ1v) is 8.47. The summed E-state index contributed by atoms with van der Waals surface area (Å²) >= 11 is 3.89. The van der Waals surface area contributed by atoms with Crippen molar-refractivity contribution in [3.05, 3.63) is 82.9 Å². The Hall–Kier alpha value is -1.60. The van der Waals surface area contributed by atoms with Gasteiger partial charge in [0.25, 0.3) is 0 Å². The van der Waals surface area contributed by atoms with Crippen LogP contribution in [0.1, 0.15) is 33.5 Å². The Kier molecular flexibility index (Phi) is 3.31. The zero-order valence-corrected chi connectivity index (χ0v) is 13.4. The van der Waals surface area contributed by atoms with Crippen LogP contribution >= 0.6 is 15.9 Å². The molecule has 3 aromatic rings. The molecule has 0 radical (unpaired) electrons. The largest absolute Gasteiger partial charge is 0.0786 e. The standard InChI is InChI=1S/C20H17Br/c21-20(19-11-9-15-6-3-7-17(15)13-19)18-10-8-14-4-1-2-5-16(14)12-18/h1-2,4-5,8-13,20H,3,6-7H2. The first-order valence-electron chi connectivity index (χ1n) is 7.56. The number of aryl methyl sites for hydroxylation is 2. The molecule has 0 bridgehead atoms. The maximum absolute atomic E-state index is 3.89. The Morgan fingerprint density at radius 2 is 1.43 bits per heavy atom. The second kappa shape index (κ2) is 5.31. The Morgan fingerprint density at radius 3 is 2.33 bits per heavy atom. The van der Waals surface area contributed by atoms with Gasteiger partial charge in [-0.15, -0.1) is 0 Å². The molecular formula is C20H17Br. The molecule has 0 N–H and O–H groups in total. The number of alkyl halides is 1. The molecule has 0 aromatic heterocycles. The van der Waals surface area contributed by atoms with E-state index in [0.717, 1.165) is 0 Å². The van der Waals surface area contributed by atoms with Gasteiger partial charge in [0.1, 0.15) is 0 Å². The van der Waals surface area contributed by atoms with Crippen molar-refractivity contribution < 1.29 is 0 Å². The molecule has 0 fully saturated rings. The van der Waals surface area contributed by atoms with E-state index in [0.29, 0.717) is 0 Å². The number of hydrogen-bond donors (Lipinski definition) is 0. The van der Waals surface area contributed by atoms with Crippen molar-refractivity contribution >= 4 is 26.7 Å². The van der Waals surface area contributed by atoms with E-state index < -0.39 is 0 Å². The number of hydrogen-bond acceptors (Lipinski definition) is 0. The molecule has 21 heavy (non-hydrogen) atoms. The Morgan fingerprint density at radius 1 is 0.714 bits per heavy atom. The normalized spacial score (nSPS) is 15.1. The van der Waals surface area contributed by atoms with E-state index in [1.165, 1.54) is 52.3 Å². The van der Waals surface area contributed by atoms with Gasteiger partial charge in [0.15, 0.2) is 0 Å². The molecule has 1 aliphatic rings. The lowest BCUT2D eigenvalue weighted by molar-refractivity contribution is 0.911. The molecule has 0 saturated carbocycles. The van der Waals surface area contributed by atoms with Crippen LogP contribution in [0.3, 0.4) is 0 Å². The highest BCUT2D eigenvalue weighted by Crippen LogP contribution is 2.35. The van der Waals surface area contributed by atoms with Gasteiger partial charge in [-0.05, 0) is 58.4 Å². The van der Waals surface area contributed by atoms with E-state index in [1.54, 1.807) is 0 Å². The van der Waals surface area contributed by atoms with Crippen LogP contribution in [0.5, 0.6) is 0 Å². The molecule has 104 valence electrons. The SMILES string of the molecule is BrC(c1ccc2c(c1)CCC2)c1ccc2ccccc2c1. The first-order chi connectivity index (χ1) is 10.3. The second-order valence-electron chi connectivity index (χ2n) is 5.85. The third kappa shape index (κ3) is 2.40. The van der Waals surface area contributed by atoms with Gasteiger partial charge in [-0.2, -0.15) is 0 Å². The van der Waals surface area contributed by atoms with Crippen LogP contribution in [0.25, 0.3) is 10.8 Å². The van der Waals surface area contributed by atoms with Gasteiger partial charge in [0.05, 0.1) is 4.83 Å². The van der Waals surface area contributed by atoms with Gasteiger partial charge in [-0.25, -0.2) is 0 Å². The van der Waals surface area contributed by atoms with Crippen molar-refractivity contribution in [3.8, 4) is 0 Å². The minimum atomic E-state index is 0.271. The summed E-state index contributed by atoms with van der Waals surface area (Å²) in [6.45, 7) is 0. The van der Waals surface area contributed by atoms with E-state index >= 15 is 0 Å². The van der Waals surface area contributed by atoms with Crippen molar-refractivity contribution in [1.82, 2.24) is 0 Å². The van der Waals surface area contributed by atoms with E-state index in [9.17, 15) is 0 Å². The third-order valence-corrected chi connectivity index (χ3v) is 5.54. The number of fused-ring (bicyclic) bond motifs is 2. The maximum atomic E-state index is 3.89. The molecule has 1 heteroatoms. The highest BCUT2D eigenvalue weighted by atomic mass is 79.9. The number of halogens is 1. The average molecular weight is 337 g/mol. The molecule has 4 rings (SSSR count). The van der Waals surface area contributed by atoms with Gasteiger partial charge in [-0.3, -0.25) is 0 Å². The number of benzene rings is 3. The molecule has 1 atom stereocenters. The van der Waals surface area contributed by atoms with Crippen molar-refractivity contribution in [2.75, 3.05) is 0 Å². The summed E-state index contributed by atoms with van der Waals surface area (Å²) in [7, 11) is 0. The van der Waals surface area contributed by atoms with E-state index in [1.807, 2.05) is 0 Å². The van der Waals surface area contributed by atoms with Crippen LogP contribution in [0.4, 0.5) is 0 Å². The minimum Gasteiger partial charge on any atom is -0.0786 e. The third-order valence-electron chi connectivity index (χ3n) is 4.48. The molecule has 0 aliphatic heterocycles. The van der Waals surface area contributed by atoms with Gasteiger partial charge in [0, 0.05) is 0 Å². The smallest absolute Gasteiger partial charge is 0.0644 e. The molecular weight excluding hydrogens is 320 g/mol. The fraction of sp³-hybridized carbons (Fsp3) is 0.200. The molecule has 0 heterocycles. The summed E-state index contributed by atoms with van der Waals surface area (Å²) < 4.78 is 0. The topological polar surface area (TPSA) is 0 Å². The van der Waals surface area contributed by atoms with Crippen LogP contribution in [-0.4, -0.2) is 0 Å².